The van der Waals surface area contributed by atoms with E-state index in [9.17, 15) is 9.59 Å². The summed E-state index contributed by atoms with van der Waals surface area (Å²) in [6.45, 7) is 4.17. The molecule has 0 aliphatic rings. The lowest BCUT2D eigenvalue weighted by molar-refractivity contribution is -0.118. The third-order valence-corrected chi connectivity index (χ3v) is 5.59. The lowest BCUT2D eigenvalue weighted by Gasteiger charge is -2.11. The number of benzene rings is 3. The normalized spacial score (nSPS) is 11.0. The molecule has 0 aliphatic heterocycles. The van der Waals surface area contributed by atoms with Crippen LogP contribution in [0.4, 0.5) is 0 Å². The van der Waals surface area contributed by atoms with Crippen molar-refractivity contribution in [2.24, 2.45) is 5.10 Å². The summed E-state index contributed by atoms with van der Waals surface area (Å²) in [5.41, 5.74) is 6.05. The molecule has 0 aliphatic carbocycles. The minimum atomic E-state index is -0.476. The zero-order valence-electron chi connectivity index (χ0n) is 19.2. The van der Waals surface area contributed by atoms with Crippen molar-refractivity contribution in [1.82, 2.24) is 10.4 Å². The number of carbonyl (C=O) groups is 2. The fourth-order valence-electron chi connectivity index (χ4n) is 3.06. The zero-order valence-corrected chi connectivity index (χ0v) is 20.0. The Labute approximate surface area is 206 Å². The van der Waals surface area contributed by atoms with Crippen LogP contribution >= 0.6 is 11.8 Å². The summed E-state index contributed by atoms with van der Waals surface area (Å²) in [4.78, 5) is 28.9. The molecule has 8 nitrogen and oxygen atoms in total. The van der Waals surface area contributed by atoms with E-state index in [2.05, 4.69) is 15.5 Å². The van der Waals surface area contributed by atoms with Gasteiger partial charge in [-0.1, -0.05) is 41.6 Å². The molecule has 0 bridgehead atoms. The third kappa shape index (κ3) is 6.48. The molecule has 0 fully saturated rings. The molecule has 0 saturated carbocycles. The van der Waals surface area contributed by atoms with Crippen LogP contribution in [0.2, 0.25) is 0 Å². The Bertz CT molecular complexity index is 1330. The summed E-state index contributed by atoms with van der Waals surface area (Å²) in [5, 5.41) is 4.41. The number of fused-ring (bicyclic) bond motifs is 1. The topological polar surface area (TPSA) is 103 Å². The maximum absolute atomic E-state index is 12.5. The highest BCUT2D eigenvalue weighted by atomic mass is 32.2. The minimum absolute atomic E-state index is 0.0995. The van der Waals surface area contributed by atoms with Gasteiger partial charge in [0.05, 0.1) is 24.1 Å². The van der Waals surface area contributed by atoms with Crippen molar-refractivity contribution in [2.75, 3.05) is 12.4 Å². The molecule has 0 spiro atoms. The van der Waals surface area contributed by atoms with Gasteiger partial charge in [-0.3, -0.25) is 4.79 Å². The van der Waals surface area contributed by atoms with Crippen molar-refractivity contribution in [3.05, 3.63) is 83.4 Å². The molecular formula is C26H23N3O5S. The lowest BCUT2D eigenvalue weighted by atomic mass is 10.1. The van der Waals surface area contributed by atoms with E-state index in [4.69, 9.17) is 13.9 Å². The number of nitrogens with zero attached hydrogens (tertiary/aromatic N) is 2. The number of rotatable bonds is 9. The lowest BCUT2D eigenvalue weighted by Crippen LogP contribution is -2.19. The molecule has 0 radical (unpaired) electrons. The predicted molar refractivity (Wildman–Crippen MR) is 134 cm³/mol. The largest absolute Gasteiger partial charge is 0.490 e. The van der Waals surface area contributed by atoms with Gasteiger partial charge in [0.15, 0.2) is 17.1 Å². The Balaban J connectivity index is 1.34. The first-order chi connectivity index (χ1) is 17.0. The van der Waals surface area contributed by atoms with Gasteiger partial charge in [0, 0.05) is 0 Å². The van der Waals surface area contributed by atoms with Gasteiger partial charge in [0.25, 0.3) is 11.1 Å². The summed E-state index contributed by atoms with van der Waals surface area (Å²) >= 11 is 1.18. The number of nitrogens with one attached hydrogen (secondary N) is 1. The number of esters is 1. The molecule has 1 aromatic heterocycles. The van der Waals surface area contributed by atoms with Gasteiger partial charge in [-0.25, -0.2) is 15.2 Å². The fourth-order valence-corrected chi connectivity index (χ4v) is 3.69. The van der Waals surface area contributed by atoms with E-state index in [1.54, 1.807) is 30.3 Å². The number of hydrogen-bond acceptors (Lipinski definition) is 8. The van der Waals surface area contributed by atoms with Gasteiger partial charge in [0.2, 0.25) is 0 Å². The van der Waals surface area contributed by atoms with Crippen molar-refractivity contribution < 1.29 is 23.5 Å². The van der Waals surface area contributed by atoms with E-state index in [0.29, 0.717) is 40.0 Å². The average molecular weight is 490 g/mol. The van der Waals surface area contributed by atoms with Gasteiger partial charge in [-0.2, -0.15) is 5.10 Å². The van der Waals surface area contributed by atoms with Crippen LogP contribution in [0.25, 0.3) is 11.1 Å². The van der Waals surface area contributed by atoms with E-state index in [-0.39, 0.29) is 11.7 Å². The molecule has 1 heterocycles. The van der Waals surface area contributed by atoms with Crippen molar-refractivity contribution in [1.29, 1.82) is 0 Å². The zero-order chi connectivity index (χ0) is 24.6. The second-order valence-corrected chi connectivity index (χ2v) is 8.35. The molecule has 4 rings (SSSR count). The summed E-state index contributed by atoms with van der Waals surface area (Å²) < 4.78 is 16.7. The van der Waals surface area contributed by atoms with Crippen LogP contribution in [-0.2, 0) is 4.79 Å². The molecule has 1 N–H and O–H groups in total. The van der Waals surface area contributed by atoms with E-state index in [1.807, 2.05) is 50.2 Å². The maximum Gasteiger partial charge on any atom is 0.343 e. The van der Waals surface area contributed by atoms with Crippen LogP contribution in [0, 0.1) is 6.92 Å². The summed E-state index contributed by atoms with van der Waals surface area (Å²) in [5.74, 6) is 0.0174. The first-order valence-electron chi connectivity index (χ1n) is 10.9. The van der Waals surface area contributed by atoms with Gasteiger partial charge < -0.3 is 13.9 Å². The predicted octanol–water partition coefficient (Wildman–Crippen LogP) is 5.00. The number of para-hydroxylation sites is 2. The van der Waals surface area contributed by atoms with Crippen LogP contribution in [0.3, 0.4) is 0 Å². The van der Waals surface area contributed by atoms with Crippen LogP contribution in [0.15, 0.2) is 81.5 Å². The number of carbonyl (C=O) groups excluding carboxylic acids is 2. The Morgan fingerprint density at radius 1 is 1.09 bits per heavy atom. The summed E-state index contributed by atoms with van der Waals surface area (Å²) in [6, 6.07) is 19.5. The van der Waals surface area contributed by atoms with E-state index in [1.165, 1.54) is 18.0 Å². The average Bonchev–Trinajstić information content (AvgIpc) is 3.28. The quantitative estimate of drug-likeness (QED) is 0.116. The minimum Gasteiger partial charge on any atom is -0.490 e. The number of ether oxygens (including phenoxy) is 2. The maximum atomic E-state index is 12.5. The molecule has 0 saturated heterocycles. The first-order valence-corrected chi connectivity index (χ1v) is 11.9. The number of hydrazone groups is 1. The number of oxazole rings is 1. The molecule has 9 heteroatoms. The van der Waals surface area contributed by atoms with Crippen LogP contribution in [0.1, 0.15) is 28.4 Å². The highest BCUT2D eigenvalue weighted by Crippen LogP contribution is 2.29. The molecular weight excluding hydrogens is 466 g/mol. The van der Waals surface area contributed by atoms with Crippen LogP contribution in [0.5, 0.6) is 11.5 Å². The molecule has 1 amide bonds. The highest BCUT2D eigenvalue weighted by Gasteiger charge is 2.13. The van der Waals surface area contributed by atoms with Crippen LogP contribution < -0.4 is 14.9 Å². The number of thioether (sulfide) groups is 1. The Morgan fingerprint density at radius 3 is 2.66 bits per heavy atom. The molecule has 35 heavy (non-hydrogen) atoms. The Hall–Kier alpha value is -4.11. The summed E-state index contributed by atoms with van der Waals surface area (Å²) in [7, 11) is 0. The van der Waals surface area contributed by atoms with E-state index >= 15 is 0 Å². The van der Waals surface area contributed by atoms with Gasteiger partial charge in [-0.05, 0) is 61.9 Å². The third-order valence-electron chi connectivity index (χ3n) is 4.76. The Kier molecular flexibility index (Phi) is 7.79. The van der Waals surface area contributed by atoms with E-state index in [0.717, 1.165) is 11.1 Å². The van der Waals surface area contributed by atoms with E-state index < -0.39 is 5.97 Å². The fraction of sp³-hybridized carbons (Fsp3) is 0.154. The number of hydrogen-bond donors (Lipinski definition) is 1. The van der Waals surface area contributed by atoms with Crippen molar-refractivity contribution >= 4 is 41.0 Å². The monoisotopic (exact) mass is 489 g/mol. The van der Waals surface area contributed by atoms with Crippen molar-refractivity contribution in [3.63, 3.8) is 0 Å². The van der Waals surface area contributed by atoms with Crippen LogP contribution in [-0.4, -0.2) is 35.4 Å². The second-order valence-electron chi connectivity index (χ2n) is 7.42. The van der Waals surface area contributed by atoms with Crippen molar-refractivity contribution in [3.8, 4) is 11.5 Å². The number of aryl methyl sites for hydroxylation is 1. The summed E-state index contributed by atoms with van der Waals surface area (Å²) in [6.07, 6.45) is 1.48. The van der Waals surface area contributed by atoms with Gasteiger partial charge >= 0.3 is 5.97 Å². The van der Waals surface area contributed by atoms with Gasteiger partial charge in [-0.15, -0.1) is 0 Å². The number of amides is 1. The molecule has 4 aromatic rings. The molecule has 178 valence electrons. The highest BCUT2D eigenvalue weighted by molar-refractivity contribution is 7.99. The Morgan fingerprint density at radius 2 is 1.89 bits per heavy atom. The van der Waals surface area contributed by atoms with Gasteiger partial charge in [0.1, 0.15) is 5.52 Å². The SMILES string of the molecule is CCOc1cc(/C=N\NC(=O)CSc2nc3ccccc3o2)ccc1OC(=O)c1ccc(C)cc1. The first kappa shape index (κ1) is 24.0. The molecule has 0 atom stereocenters. The van der Waals surface area contributed by atoms with Crippen molar-refractivity contribution in [2.45, 2.75) is 19.1 Å². The number of aromatic nitrogens is 1. The molecule has 3 aromatic carbocycles. The smallest absolute Gasteiger partial charge is 0.343 e. The second kappa shape index (κ2) is 11.3. The standard InChI is InChI=1S/C26H23N3O5S/c1-3-32-23-14-18(10-13-22(23)33-25(31)19-11-8-17(2)9-12-19)15-27-29-24(30)16-35-26-28-20-6-4-5-7-21(20)34-26/h4-15H,3,16H2,1-2H3,(H,29,30)/b27-15-. The molecule has 0 unspecified atom stereocenters.